The summed E-state index contributed by atoms with van der Waals surface area (Å²) < 4.78 is 63.4. The average Bonchev–Trinajstić information content (AvgIpc) is 4.19. The highest BCUT2D eigenvalue weighted by Crippen LogP contribution is 2.51. The van der Waals surface area contributed by atoms with Crippen molar-refractivity contribution in [1.29, 1.82) is 0 Å². The molecule has 0 fully saturated rings. The Morgan fingerprint density at radius 1 is 0.557 bits per heavy atom. The first-order valence-electron chi connectivity index (χ1n) is 21.8. The van der Waals surface area contributed by atoms with E-state index in [1.54, 1.807) is 30.3 Å². The topological polar surface area (TPSA) is 109 Å². The molecule has 0 aliphatic carbocycles. The third-order valence-electron chi connectivity index (χ3n) is 11.7. The maximum atomic E-state index is 10.1. The molecular formula is C50H35N7O3Si. The van der Waals surface area contributed by atoms with Gasteiger partial charge in [-0.05, 0) is 63.2 Å². The molecule has 11 aromatic rings. The van der Waals surface area contributed by atoms with Crippen molar-refractivity contribution in [2.45, 2.75) is 18.2 Å². The van der Waals surface area contributed by atoms with Crippen LogP contribution in [0.2, 0.25) is 0 Å². The van der Waals surface area contributed by atoms with E-state index in [1.165, 1.54) is 0 Å². The Balaban J connectivity index is 1.22. The zero-order chi connectivity index (χ0) is 44.0. The average molecular weight is 814 g/mol. The Kier molecular flexibility index (Phi) is 7.06. The van der Waals surface area contributed by atoms with E-state index in [-0.39, 0.29) is 22.6 Å². The smallest absolute Gasteiger partial charge is 0.220 e. The van der Waals surface area contributed by atoms with Gasteiger partial charge in [0, 0.05) is 40.5 Å². The second-order valence-corrected chi connectivity index (χ2v) is 18.6. The first-order chi connectivity index (χ1) is 31.8. The van der Waals surface area contributed by atoms with Crippen LogP contribution >= 0.6 is 0 Å². The molecule has 0 saturated heterocycles. The van der Waals surface area contributed by atoms with Crippen molar-refractivity contribution in [2.24, 2.45) is 0 Å². The molecular weight excluding hydrogens is 775 g/mol. The van der Waals surface area contributed by atoms with Gasteiger partial charge in [-0.15, -0.1) is 20.4 Å². The quantitative estimate of drug-likeness (QED) is 0.109. The monoisotopic (exact) mass is 813 g/mol. The summed E-state index contributed by atoms with van der Waals surface area (Å²) in [5.41, 5.74) is 2.84. The third kappa shape index (κ3) is 5.30. The molecule has 12 rings (SSSR count). The van der Waals surface area contributed by atoms with Crippen LogP contribution in [0.5, 0.6) is 11.5 Å². The van der Waals surface area contributed by atoms with Crippen molar-refractivity contribution < 1.29 is 19.1 Å². The van der Waals surface area contributed by atoms with Crippen LogP contribution in [0.25, 0.3) is 33.5 Å². The molecule has 10 nitrogen and oxygen atoms in total. The van der Waals surface area contributed by atoms with Gasteiger partial charge in [-0.2, -0.15) is 0 Å². The molecule has 61 heavy (non-hydrogen) atoms. The molecule has 0 bridgehead atoms. The lowest BCUT2D eigenvalue weighted by Crippen LogP contribution is -2.75. The predicted molar refractivity (Wildman–Crippen MR) is 236 cm³/mol. The van der Waals surface area contributed by atoms with Crippen LogP contribution in [-0.2, 0) is 18.2 Å². The number of rotatable bonds is 9. The fraction of sp³-hybridized carbons (Fsp3) is 0.0600. The van der Waals surface area contributed by atoms with Crippen molar-refractivity contribution in [3.05, 3.63) is 212 Å². The number of benzene rings is 7. The maximum absolute atomic E-state index is 10.1. The first-order valence-corrected chi connectivity index (χ1v) is 21.8. The van der Waals surface area contributed by atoms with Crippen molar-refractivity contribution in [3.63, 3.8) is 0 Å². The van der Waals surface area contributed by atoms with Crippen LogP contribution in [-0.4, -0.2) is 42.4 Å². The predicted octanol–water partition coefficient (Wildman–Crippen LogP) is 7.45. The molecule has 0 atom stereocenters. The van der Waals surface area contributed by atoms with Crippen LogP contribution in [0.4, 0.5) is 0 Å². The van der Waals surface area contributed by atoms with E-state index >= 15 is 0 Å². The van der Waals surface area contributed by atoms with Crippen molar-refractivity contribution in [1.82, 2.24) is 34.3 Å². The van der Waals surface area contributed by atoms with E-state index in [9.17, 15) is 5.48 Å². The second-order valence-electron chi connectivity index (χ2n) is 14.9. The van der Waals surface area contributed by atoms with E-state index in [0.717, 1.165) is 67.1 Å². The molecule has 5 heterocycles. The Morgan fingerprint density at radius 2 is 1.15 bits per heavy atom. The van der Waals surface area contributed by atoms with E-state index in [0.29, 0.717) is 0 Å². The standard InChI is InChI=1S/C50H35N7O3Si/c1-3-16-35(17-4-1)61(36-18-5-2-6-19-36,37-20-13-15-34(29-37)56-42-25-10-11-26-43(42)57-41-24-9-8-23-40(41)53-49(56)57)45-28-14-22-39-48(45)60-44-27-12-7-21-38(44)50(39,30-46-54-51-32-58-46)31-47-55-52-33-59-47/h1-29,32-33H,30-31H2/i30D2,31D2. The van der Waals surface area contributed by atoms with Gasteiger partial charge in [0.1, 0.15) is 11.5 Å². The summed E-state index contributed by atoms with van der Waals surface area (Å²) >= 11 is 0. The van der Waals surface area contributed by atoms with Crippen LogP contribution in [0, 0.1) is 0 Å². The van der Waals surface area contributed by atoms with Crippen molar-refractivity contribution in [3.8, 4) is 17.2 Å². The Labute approximate surface area is 356 Å². The number of hydrogen-bond donors (Lipinski definition) is 0. The molecule has 1 aliphatic heterocycles. The second kappa shape index (κ2) is 13.9. The highest BCUT2D eigenvalue weighted by Gasteiger charge is 2.50. The fourth-order valence-electron chi connectivity index (χ4n) is 9.26. The van der Waals surface area contributed by atoms with Gasteiger partial charge in [-0.1, -0.05) is 133 Å². The summed E-state index contributed by atoms with van der Waals surface area (Å²) in [4.78, 5) is 5.19. The number of imidazole rings is 2. The van der Waals surface area contributed by atoms with Crippen LogP contribution in [0.1, 0.15) is 28.4 Å². The largest absolute Gasteiger partial charge is 0.457 e. The van der Waals surface area contributed by atoms with E-state index in [1.807, 2.05) is 78.9 Å². The molecule has 0 radical (unpaired) electrons. The van der Waals surface area contributed by atoms with Gasteiger partial charge in [0.15, 0.2) is 8.07 Å². The number of hydrogen-bond acceptors (Lipinski definition) is 8. The summed E-state index contributed by atoms with van der Waals surface area (Å²) in [5, 5.41) is 19.7. The summed E-state index contributed by atoms with van der Waals surface area (Å²) in [6.07, 6.45) is -3.44. The SMILES string of the molecule is [2H]C([2H])(c1nnco1)C1(C([2H])([2H])c2nnco2)c2ccccc2Oc2c1cccc2[Si](c1ccccc1)(c1ccccc1)c1cccc(-n2c3ccccc3n3c4ccccc4nc23)c1. The minimum atomic E-state index is -3.64. The summed E-state index contributed by atoms with van der Waals surface area (Å²) in [7, 11) is -3.64. The van der Waals surface area contributed by atoms with Crippen molar-refractivity contribution >= 4 is 56.7 Å². The number of nitrogens with zero attached hydrogens (tertiary/aromatic N) is 7. The molecule has 292 valence electrons. The molecule has 0 N–H and O–H groups in total. The number of fused-ring (bicyclic) bond motifs is 7. The van der Waals surface area contributed by atoms with Gasteiger partial charge in [0.25, 0.3) is 0 Å². The van der Waals surface area contributed by atoms with Crippen molar-refractivity contribution in [2.75, 3.05) is 0 Å². The summed E-state index contributed by atoms with van der Waals surface area (Å²) in [5.74, 6) is 0.423. The number of para-hydroxylation sites is 6. The minimum absolute atomic E-state index is 0.195. The summed E-state index contributed by atoms with van der Waals surface area (Å²) in [6.45, 7) is 0. The van der Waals surface area contributed by atoms with Gasteiger partial charge in [0.05, 0.1) is 22.1 Å². The van der Waals surface area contributed by atoms with Crippen LogP contribution < -0.4 is 25.5 Å². The van der Waals surface area contributed by atoms with Gasteiger partial charge >= 0.3 is 0 Å². The first kappa shape index (κ1) is 31.1. The van der Waals surface area contributed by atoms with Gasteiger partial charge in [-0.25, -0.2) is 4.98 Å². The molecule has 1 aliphatic rings. The third-order valence-corrected chi connectivity index (χ3v) is 16.5. The zero-order valence-electron chi connectivity index (χ0n) is 36.3. The highest BCUT2D eigenvalue weighted by atomic mass is 28.3. The van der Waals surface area contributed by atoms with Gasteiger partial charge in [0.2, 0.25) is 30.3 Å². The van der Waals surface area contributed by atoms with E-state index < -0.39 is 38.0 Å². The zero-order valence-corrected chi connectivity index (χ0v) is 33.3. The maximum Gasteiger partial charge on any atom is 0.220 e. The molecule has 0 amide bonds. The van der Waals surface area contributed by atoms with Crippen LogP contribution in [0.3, 0.4) is 0 Å². The normalized spacial score (nSPS) is 14.8. The lowest BCUT2D eigenvalue weighted by molar-refractivity contribution is 0.338. The van der Waals surface area contributed by atoms with Gasteiger partial charge in [-0.3, -0.25) is 8.97 Å². The van der Waals surface area contributed by atoms with Crippen LogP contribution in [0.15, 0.2) is 198 Å². The molecule has 0 unspecified atom stereocenters. The molecule has 0 saturated carbocycles. The Hall–Kier alpha value is -7.89. The lowest BCUT2D eigenvalue weighted by atomic mass is 9.68. The summed E-state index contributed by atoms with van der Waals surface area (Å²) in [6, 6.07) is 58.1. The minimum Gasteiger partial charge on any atom is -0.457 e. The Bertz CT molecular complexity index is 3480. The fourth-order valence-corrected chi connectivity index (χ4v) is 14.2. The lowest BCUT2D eigenvalue weighted by Gasteiger charge is -2.42. The molecule has 4 aromatic heterocycles. The Morgan fingerprint density at radius 3 is 1.85 bits per heavy atom. The number of ether oxygens (including phenoxy) is 1. The molecule has 11 heteroatoms. The molecule has 7 aromatic carbocycles. The van der Waals surface area contributed by atoms with E-state index in [4.69, 9.17) is 18.6 Å². The highest BCUT2D eigenvalue weighted by molar-refractivity contribution is 7.20. The number of aromatic nitrogens is 7. The van der Waals surface area contributed by atoms with E-state index in [2.05, 4.69) is 96.1 Å². The van der Waals surface area contributed by atoms with Gasteiger partial charge < -0.3 is 13.6 Å². The molecule has 0 spiro atoms.